The molecule has 150 valence electrons. The topological polar surface area (TPSA) is 71.7 Å². The molecular weight excluding hydrogens is 378 g/mol. The standard InChI is InChI=1S/C20H26ClN5O2/c1-3-15(2)23-18(27)14-24-9-11-25(12-10-24)17-13-22-26(20(28)19(17)21)16-7-5-4-6-8-16/h4-8,13,15H,3,9-12,14H2,1-2H3,(H,23,27)/p+1/t15-/m1/s1. The summed E-state index contributed by atoms with van der Waals surface area (Å²) in [6.45, 7) is 7.61. The highest BCUT2D eigenvalue weighted by atomic mass is 35.5. The lowest BCUT2D eigenvalue weighted by atomic mass is 10.2. The van der Waals surface area contributed by atoms with Gasteiger partial charge in [-0.15, -0.1) is 0 Å². The SMILES string of the molecule is CC[C@@H](C)NC(=O)C[NH+]1CCN(c2cnn(-c3ccccc3)c(=O)c2Cl)CC1. The van der Waals surface area contributed by atoms with Crippen LogP contribution in [0, 0.1) is 0 Å². The average Bonchev–Trinajstić information content (AvgIpc) is 2.71. The normalized spacial score (nSPS) is 16.0. The Balaban J connectivity index is 1.64. The van der Waals surface area contributed by atoms with Gasteiger partial charge < -0.3 is 15.1 Å². The summed E-state index contributed by atoms with van der Waals surface area (Å²) in [5.74, 6) is 0.0861. The first-order valence-electron chi connectivity index (χ1n) is 9.70. The molecule has 2 heterocycles. The van der Waals surface area contributed by atoms with Crippen LogP contribution >= 0.6 is 11.6 Å². The molecule has 2 N–H and O–H groups in total. The Hall–Kier alpha value is -2.38. The highest BCUT2D eigenvalue weighted by molar-refractivity contribution is 6.33. The Labute approximate surface area is 169 Å². The molecule has 1 atom stereocenters. The zero-order valence-electron chi connectivity index (χ0n) is 16.3. The molecule has 0 spiro atoms. The van der Waals surface area contributed by atoms with Crippen molar-refractivity contribution in [2.24, 2.45) is 0 Å². The summed E-state index contributed by atoms with van der Waals surface area (Å²) in [5.41, 5.74) is 1.01. The van der Waals surface area contributed by atoms with Crippen molar-refractivity contribution in [1.29, 1.82) is 0 Å². The van der Waals surface area contributed by atoms with Crippen molar-refractivity contribution in [2.45, 2.75) is 26.3 Å². The van der Waals surface area contributed by atoms with Crippen LogP contribution in [-0.2, 0) is 4.79 Å². The van der Waals surface area contributed by atoms with Crippen molar-refractivity contribution >= 4 is 23.2 Å². The maximum atomic E-state index is 12.7. The maximum absolute atomic E-state index is 12.7. The van der Waals surface area contributed by atoms with Gasteiger partial charge in [0.2, 0.25) is 0 Å². The summed E-state index contributed by atoms with van der Waals surface area (Å²) >= 11 is 6.39. The largest absolute Gasteiger partial charge is 0.358 e. The molecule has 0 unspecified atom stereocenters. The number of amides is 1. The minimum atomic E-state index is -0.326. The smallest absolute Gasteiger partial charge is 0.292 e. The molecule has 0 radical (unpaired) electrons. The van der Waals surface area contributed by atoms with Crippen LogP contribution in [0.25, 0.3) is 5.69 Å². The van der Waals surface area contributed by atoms with E-state index in [1.807, 2.05) is 37.3 Å². The van der Waals surface area contributed by atoms with E-state index < -0.39 is 0 Å². The van der Waals surface area contributed by atoms with Crippen LogP contribution in [0.3, 0.4) is 0 Å². The molecule has 0 aliphatic carbocycles. The van der Waals surface area contributed by atoms with Crippen LogP contribution in [0.4, 0.5) is 5.69 Å². The minimum absolute atomic E-state index is 0.0861. The van der Waals surface area contributed by atoms with Gasteiger partial charge in [-0.1, -0.05) is 36.7 Å². The number of carbonyl (C=O) groups is 1. The molecule has 1 aliphatic rings. The number of nitrogens with zero attached hydrogens (tertiary/aromatic N) is 3. The molecule has 28 heavy (non-hydrogen) atoms. The molecule has 1 saturated heterocycles. The number of benzene rings is 1. The fourth-order valence-corrected chi connectivity index (χ4v) is 3.54. The summed E-state index contributed by atoms with van der Waals surface area (Å²) in [5, 5.41) is 7.49. The van der Waals surface area contributed by atoms with E-state index in [9.17, 15) is 9.59 Å². The lowest BCUT2D eigenvalue weighted by Crippen LogP contribution is -3.16. The van der Waals surface area contributed by atoms with E-state index in [4.69, 9.17) is 11.6 Å². The predicted molar refractivity (Wildman–Crippen MR) is 111 cm³/mol. The molecule has 0 saturated carbocycles. The number of nitrogens with one attached hydrogen (secondary N) is 2. The monoisotopic (exact) mass is 404 g/mol. The molecule has 1 aromatic carbocycles. The van der Waals surface area contributed by atoms with E-state index in [0.29, 0.717) is 17.9 Å². The van der Waals surface area contributed by atoms with Gasteiger partial charge in [0, 0.05) is 6.04 Å². The zero-order chi connectivity index (χ0) is 20.1. The molecule has 1 fully saturated rings. The Morgan fingerprint density at radius 3 is 2.61 bits per heavy atom. The van der Waals surface area contributed by atoms with Crippen LogP contribution < -0.4 is 20.7 Å². The Bertz CT molecular complexity index is 863. The summed E-state index contributed by atoms with van der Waals surface area (Å²) in [7, 11) is 0. The van der Waals surface area contributed by atoms with Crippen LogP contribution in [-0.4, -0.2) is 54.5 Å². The van der Waals surface area contributed by atoms with Crippen LogP contribution in [0.2, 0.25) is 5.02 Å². The van der Waals surface area contributed by atoms with Gasteiger partial charge in [-0.2, -0.15) is 9.78 Å². The highest BCUT2D eigenvalue weighted by Gasteiger charge is 2.25. The quantitative estimate of drug-likeness (QED) is 0.735. The Morgan fingerprint density at radius 2 is 1.96 bits per heavy atom. The number of rotatable bonds is 6. The molecule has 0 bridgehead atoms. The highest BCUT2D eigenvalue weighted by Crippen LogP contribution is 2.21. The van der Waals surface area contributed by atoms with Gasteiger partial charge in [0.05, 0.1) is 43.8 Å². The Kier molecular flexibility index (Phi) is 6.70. The molecule has 2 aromatic rings. The number of carbonyl (C=O) groups excluding carboxylic acids is 1. The number of hydrogen-bond acceptors (Lipinski definition) is 4. The summed E-state index contributed by atoms with van der Waals surface area (Å²) in [4.78, 5) is 28.0. The van der Waals surface area contributed by atoms with Gasteiger partial charge in [-0.3, -0.25) is 9.59 Å². The van der Waals surface area contributed by atoms with Gasteiger partial charge >= 0.3 is 0 Å². The number of halogens is 1. The van der Waals surface area contributed by atoms with Crippen LogP contribution in [0.5, 0.6) is 0 Å². The number of piperazine rings is 1. The summed E-state index contributed by atoms with van der Waals surface area (Å²) < 4.78 is 1.31. The lowest BCUT2D eigenvalue weighted by Gasteiger charge is -2.33. The molecular formula is C20H27ClN5O2+. The van der Waals surface area contributed by atoms with Crippen molar-refractivity contribution in [1.82, 2.24) is 15.1 Å². The van der Waals surface area contributed by atoms with Crippen molar-refractivity contribution in [2.75, 3.05) is 37.6 Å². The van der Waals surface area contributed by atoms with Gasteiger partial charge in [0.15, 0.2) is 6.54 Å². The van der Waals surface area contributed by atoms with E-state index in [0.717, 1.165) is 32.6 Å². The average molecular weight is 405 g/mol. The van der Waals surface area contributed by atoms with E-state index in [-0.39, 0.29) is 22.5 Å². The maximum Gasteiger partial charge on any atom is 0.292 e. The number of aromatic nitrogens is 2. The zero-order valence-corrected chi connectivity index (χ0v) is 17.1. The Morgan fingerprint density at radius 1 is 1.29 bits per heavy atom. The number of anilines is 1. The second-order valence-electron chi connectivity index (χ2n) is 7.19. The van der Waals surface area contributed by atoms with E-state index in [1.165, 1.54) is 9.58 Å². The fourth-order valence-electron chi connectivity index (χ4n) is 3.29. The third kappa shape index (κ3) is 4.72. The van der Waals surface area contributed by atoms with Gasteiger partial charge in [-0.25, -0.2) is 0 Å². The van der Waals surface area contributed by atoms with Crippen molar-refractivity contribution < 1.29 is 9.69 Å². The molecule has 1 aromatic heterocycles. The number of hydrogen-bond donors (Lipinski definition) is 2. The first-order valence-corrected chi connectivity index (χ1v) is 10.1. The number of quaternary nitrogens is 1. The number of para-hydroxylation sites is 1. The third-order valence-electron chi connectivity index (χ3n) is 5.14. The van der Waals surface area contributed by atoms with E-state index in [1.54, 1.807) is 6.20 Å². The minimum Gasteiger partial charge on any atom is -0.358 e. The fraction of sp³-hybridized carbons (Fsp3) is 0.450. The molecule has 7 nitrogen and oxygen atoms in total. The van der Waals surface area contributed by atoms with Gasteiger partial charge in [-0.05, 0) is 25.5 Å². The summed E-state index contributed by atoms with van der Waals surface area (Å²) in [6.07, 6.45) is 2.58. The van der Waals surface area contributed by atoms with E-state index in [2.05, 4.69) is 22.2 Å². The lowest BCUT2D eigenvalue weighted by molar-refractivity contribution is -0.892. The summed E-state index contributed by atoms with van der Waals surface area (Å²) in [6, 6.07) is 9.42. The first-order chi connectivity index (χ1) is 13.5. The first kappa shape index (κ1) is 20.4. The van der Waals surface area contributed by atoms with Gasteiger partial charge in [0.25, 0.3) is 11.5 Å². The second kappa shape index (κ2) is 9.21. The third-order valence-corrected chi connectivity index (χ3v) is 5.50. The molecule has 1 amide bonds. The molecule has 3 rings (SSSR count). The van der Waals surface area contributed by atoms with Crippen molar-refractivity contribution in [3.63, 3.8) is 0 Å². The molecule has 8 heteroatoms. The van der Waals surface area contributed by atoms with Gasteiger partial charge in [0.1, 0.15) is 5.02 Å². The van der Waals surface area contributed by atoms with E-state index >= 15 is 0 Å². The molecule has 1 aliphatic heterocycles. The van der Waals surface area contributed by atoms with Crippen LogP contribution in [0.15, 0.2) is 41.3 Å². The van der Waals surface area contributed by atoms with Crippen molar-refractivity contribution in [3.8, 4) is 5.69 Å². The predicted octanol–water partition coefficient (Wildman–Crippen LogP) is 0.506. The van der Waals surface area contributed by atoms with Crippen LogP contribution in [0.1, 0.15) is 20.3 Å². The van der Waals surface area contributed by atoms with Crippen molar-refractivity contribution in [3.05, 3.63) is 51.9 Å². The second-order valence-corrected chi connectivity index (χ2v) is 7.56.